The van der Waals surface area contributed by atoms with Gasteiger partial charge in [0.2, 0.25) is 11.0 Å². The summed E-state index contributed by atoms with van der Waals surface area (Å²) in [6.45, 7) is 4.94. The molecule has 1 N–H and O–H groups in total. The molecular weight excluding hydrogens is 416 g/mol. The lowest BCUT2D eigenvalue weighted by Gasteiger charge is -2.36. The van der Waals surface area contributed by atoms with Crippen molar-refractivity contribution in [3.05, 3.63) is 95.2 Å². The number of guanidine groups is 1. The molecular formula is C25H26N6O2. The van der Waals surface area contributed by atoms with E-state index in [1.165, 1.54) is 5.56 Å². The minimum Gasteiger partial charge on any atom is -0.359 e. The Morgan fingerprint density at radius 3 is 2.42 bits per heavy atom. The average Bonchev–Trinajstić information content (AvgIpc) is 3.23. The van der Waals surface area contributed by atoms with E-state index in [1.807, 2.05) is 54.6 Å². The van der Waals surface area contributed by atoms with E-state index in [9.17, 15) is 5.21 Å². The third kappa shape index (κ3) is 5.12. The summed E-state index contributed by atoms with van der Waals surface area (Å²) in [6.07, 6.45) is 0. The van der Waals surface area contributed by atoms with Crippen LogP contribution in [0.4, 0.5) is 5.69 Å². The Balaban J connectivity index is 1.25. The van der Waals surface area contributed by atoms with E-state index in [-0.39, 0.29) is 0 Å². The predicted octanol–water partition coefficient (Wildman–Crippen LogP) is 3.25. The molecule has 8 nitrogen and oxygen atoms in total. The molecule has 3 aromatic carbocycles. The van der Waals surface area contributed by atoms with Crippen LogP contribution in [0.2, 0.25) is 0 Å². The second kappa shape index (κ2) is 9.70. The zero-order valence-corrected chi connectivity index (χ0v) is 18.3. The van der Waals surface area contributed by atoms with E-state index < -0.39 is 0 Å². The first-order chi connectivity index (χ1) is 16.2. The molecule has 0 amide bonds. The van der Waals surface area contributed by atoms with Crippen molar-refractivity contribution in [2.45, 2.75) is 13.1 Å². The maximum Gasteiger partial charge on any atom is 0.248 e. The molecule has 8 heteroatoms. The summed E-state index contributed by atoms with van der Waals surface area (Å²) in [6, 6.07) is 26.1. The van der Waals surface area contributed by atoms with Crippen LogP contribution in [0.25, 0.3) is 11.0 Å². The van der Waals surface area contributed by atoms with Gasteiger partial charge in [0.15, 0.2) is 5.96 Å². The highest BCUT2D eigenvalue weighted by Gasteiger charge is 2.21. The van der Waals surface area contributed by atoms with Gasteiger partial charge in [0.25, 0.3) is 0 Å². The molecule has 0 spiro atoms. The molecule has 5 rings (SSSR count). The Bertz CT molecular complexity index is 1220. The van der Waals surface area contributed by atoms with Crippen LogP contribution in [0.5, 0.6) is 0 Å². The first-order valence-corrected chi connectivity index (χ1v) is 11.1. The Labute approximate surface area is 192 Å². The molecule has 1 aliphatic heterocycles. The van der Waals surface area contributed by atoms with E-state index in [0.717, 1.165) is 49.9 Å². The van der Waals surface area contributed by atoms with Gasteiger partial charge in [-0.15, -0.1) is 0 Å². The van der Waals surface area contributed by atoms with Crippen LogP contribution in [-0.4, -0.2) is 47.1 Å². The fourth-order valence-corrected chi connectivity index (χ4v) is 4.01. The van der Waals surface area contributed by atoms with Crippen LogP contribution in [0.15, 0.2) is 88.5 Å². The van der Waals surface area contributed by atoms with Gasteiger partial charge in [-0.2, -0.15) is 0 Å². The fraction of sp³-hybridized carbons (Fsp3) is 0.240. The molecule has 33 heavy (non-hydrogen) atoms. The van der Waals surface area contributed by atoms with E-state index >= 15 is 0 Å². The van der Waals surface area contributed by atoms with Crippen molar-refractivity contribution in [1.29, 1.82) is 0 Å². The van der Waals surface area contributed by atoms with Crippen LogP contribution < -0.4 is 10.2 Å². The molecule has 0 unspecified atom stereocenters. The lowest BCUT2D eigenvalue weighted by molar-refractivity contribution is -0.782. The van der Waals surface area contributed by atoms with Crippen LogP contribution >= 0.6 is 0 Å². The molecule has 0 radical (unpaired) electrons. The predicted molar refractivity (Wildman–Crippen MR) is 127 cm³/mol. The summed E-state index contributed by atoms with van der Waals surface area (Å²) in [5.41, 5.74) is 4.32. The minimum absolute atomic E-state index is 0.460. The van der Waals surface area contributed by atoms with Gasteiger partial charge in [0.1, 0.15) is 0 Å². The number of benzene rings is 3. The van der Waals surface area contributed by atoms with Crippen molar-refractivity contribution < 1.29 is 9.53 Å². The number of hydrogen-bond donors (Lipinski definition) is 1. The first-order valence-electron chi connectivity index (χ1n) is 11.1. The zero-order chi connectivity index (χ0) is 22.5. The molecule has 4 aromatic rings. The number of aliphatic imine (C=N–C) groups is 1. The summed E-state index contributed by atoms with van der Waals surface area (Å²) in [5, 5.41) is 19.0. The Morgan fingerprint density at radius 2 is 1.67 bits per heavy atom. The number of anilines is 1. The summed E-state index contributed by atoms with van der Waals surface area (Å²) >= 11 is 0. The van der Waals surface area contributed by atoms with Gasteiger partial charge in [0, 0.05) is 43.6 Å². The molecule has 0 bridgehead atoms. The van der Waals surface area contributed by atoms with E-state index in [0.29, 0.717) is 22.5 Å². The van der Waals surface area contributed by atoms with Gasteiger partial charge in [-0.1, -0.05) is 54.6 Å². The van der Waals surface area contributed by atoms with Gasteiger partial charge < -0.3 is 15.4 Å². The molecule has 1 aromatic heterocycles. The van der Waals surface area contributed by atoms with Gasteiger partial charge >= 0.3 is 0 Å². The average molecular weight is 443 g/mol. The molecule has 0 saturated carbocycles. The molecule has 1 saturated heterocycles. The van der Waals surface area contributed by atoms with Crippen molar-refractivity contribution >= 4 is 22.7 Å². The molecule has 1 fully saturated rings. The molecule has 0 atom stereocenters. The molecule has 1 aliphatic rings. The van der Waals surface area contributed by atoms with Gasteiger partial charge in [-0.05, 0) is 40.3 Å². The Hall–Kier alpha value is -3.91. The molecule has 168 valence electrons. The number of hydrogen-bond acceptors (Lipinski definition) is 5. The SMILES string of the molecule is [O-][n+]1onc2ccc(CN3CCN(C(=NCc4ccccc4)Nc4ccccc4)CC3)cc21. The lowest BCUT2D eigenvalue weighted by atomic mass is 10.1. The number of para-hydroxylation sites is 1. The van der Waals surface area contributed by atoms with Crippen molar-refractivity contribution in [2.75, 3.05) is 31.5 Å². The summed E-state index contributed by atoms with van der Waals surface area (Å²) in [7, 11) is 0. The second-order valence-corrected chi connectivity index (χ2v) is 8.13. The monoisotopic (exact) mass is 442 g/mol. The normalized spacial score (nSPS) is 15.2. The van der Waals surface area contributed by atoms with Crippen LogP contribution in [0.3, 0.4) is 0 Å². The third-order valence-corrected chi connectivity index (χ3v) is 5.81. The highest BCUT2D eigenvalue weighted by molar-refractivity contribution is 5.93. The third-order valence-electron chi connectivity index (χ3n) is 5.81. The Morgan fingerprint density at radius 1 is 0.939 bits per heavy atom. The van der Waals surface area contributed by atoms with E-state index in [4.69, 9.17) is 4.99 Å². The molecule has 0 aliphatic carbocycles. The standard InChI is InChI=1S/C25H26N6O2/c32-31-24-17-21(11-12-23(24)28-33-31)19-29-13-15-30(16-14-29)25(27-22-9-5-2-6-10-22)26-18-20-7-3-1-4-8-20/h1-12,17H,13-16,18-19H2,(H,26,27). The molecule has 2 heterocycles. The summed E-state index contributed by atoms with van der Waals surface area (Å²) in [5.74, 6) is 0.892. The van der Waals surface area contributed by atoms with Crippen molar-refractivity contribution in [3.63, 3.8) is 0 Å². The topological polar surface area (TPSA) is 83.8 Å². The highest BCUT2D eigenvalue weighted by Crippen LogP contribution is 2.15. The summed E-state index contributed by atoms with van der Waals surface area (Å²) in [4.78, 5) is 10.1. The maximum absolute atomic E-state index is 11.7. The second-order valence-electron chi connectivity index (χ2n) is 8.13. The number of aromatic nitrogens is 2. The highest BCUT2D eigenvalue weighted by atomic mass is 16.8. The first kappa shape index (κ1) is 21.0. The number of nitrogens with one attached hydrogen (secondary N) is 1. The van der Waals surface area contributed by atoms with Crippen LogP contribution in [-0.2, 0) is 13.1 Å². The van der Waals surface area contributed by atoms with E-state index in [2.05, 4.69) is 49.2 Å². The number of rotatable bonds is 5. The summed E-state index contributed by atoms with van der Waals surface area (Å²) < 4.78 is 4.67. The maximum atomic E-state index is 11.7. The van der Waals surface area contributed by atoms with Gasteiger partial charge in [-0.25, -0.2) is 4.99 Å². The lowest BCUT2D eigenvalue weighted by Crippen LogP contribution is -2.50. The Kier molecular flexibility index (Phi) is 6.16. The van der Waals surface area contributed by atoms with Crippen LogP contribution in [0.1, 0.15) is 11.1 Å². The van der Waals surface area contributed by atoms with Crippen LogP contribution in [0, 0.1) is 5.21 Å². The number of piperazine rings is 1. The largest absolute Gasteiger partial charge is 0.359 e. The van der Waals surface area contributed by atoms with Crippen molar-refractivity contribution in [3.8, 4) is 0 Å². The van der Waals surface area contributed by atoms with E-state index in [1.54, 1.807) is 0 Å². The minimum atomic E-state index is 0.460. The quantitative estimate of drug-likeness (QED) is 0.290. The van der Waals surface area contributed by atoms with Gasteiger partial charge in [0.05, 0.1) is 6.54 Å². The van der Waals surface area contributed by atoms with Gasteiger partial charge in [-0.3, -0.25) is 9.53 Å². The number of nitrogens with zero attached hydrogens (tertiary/aromatic N) is 5. The number of fused-ring (bicyclic) bond motifs is 1. The van der Waals surface area contributed by atoms with Crippen molar-refractivity contribution in [2.24, 2.45) is 4.99 Å². The zero-order valence-electron chi connectivity index (χ0n) is 18.3. The smallest absolute Gasteiger partial charge is 0.248 e. The fourth-order valence-electron chi connectivity index (χ4n) is 4.01. The van der Waals surface area contributed by atoms with Crippen molar-refractivity contribution in [1.82, 2.24) is 15.0 Å².